The molecule has 0 unspecified atom stereocenters. The first-order valence-electron chi connectivity index (χ1n) is 9.64. The van der Waals surface area contributed by atoms with Crippen LogP contribution in [0.2, 0.25) is 0 Å². The van der Waals surface area contributed by atoms with Crippen LogP contribution in [0, 0.1) is 0 Å². The summed E-state index contributed by atoms with van der Waals surface area (Å²) in [6, 6.07) is 9.43. The van der Waals surface area contributed by atoms with E-state index in [0.29, 0.717) is 12.3 Å². The number of hydrogen-bond donors (Lipinski definition) is 2. The van der Waals surface area contributed by atoms with Gasteiger partial charge in [-0.3, -0.25) is 9.59 Å². The van der Waals surface area contributed by atoms with Crippen molar-refractivity contribution in [1.29, 1.82) is 0 Å². The van der Waals surface area contributed by atoms with E-state index >= 15 is 0 Å². The number of carbonyl (C=O) groups is 2. The maximum absolute atomic E-state index is 12.6. The molecule has 1 saturated heterocycles. The lowest BCUT2D eigenvalue weighted by atomic mass is 10.1. The maximum Gasteiger partial charge on any atom is 0.257 e. The summed E-state index contributed by atoms with van der Waals surface area (Å²) in [5.41, 5.74) is 3.41. The third kappa shape index (κ3) is 4.22. The van der Waals surface area contributed by atoms with Crippen molar-refractivity contribution in [2.75, 3.05) is 38.5 Å². The molecule has 0 radical (unpaired) electrons. The normalized spacial score (nSPS) is 17.7. The number of piperazine rings is 1. The number of aromatic amines is 1. The molecule has 2 N–H and O–H groups in total. The number of carbonyl (C=O) groups excluding carboxylic acids is 2. The Labute approximate surface area is 159 Å². The third-order valence-corrected chi connectivity index (χ3v) is 5.41. The standard InChI is InChI=1S/C21H26N4O2/c1-24-9-11-25(12-10-24)19(26)14-15-3-2-4-17(13-15)23-21(27)18-7-8-22-20(18)16-5-6-16/h2-4,7-8,13,16,22H,5-6,9-12,14H2,1H3,(H,23,27). The van der Waals surface area contributed by atoms with E-state index in [9.17, 15) is 9.59 Å². The summed E-state index contributed by atoms with van der Waals surface area (Å²) in [5, 5.41) is 2.98. The molecular formula is C21H26N4O2. The summed E-state index contributed by atoms with van der Waals surface area (Å²) in [4.78, 5) is 32.5. The summed E-state index contributed by atoms with van der Waals surface area (Å²) >= 11 is 0. The number of anilines is 1. The monoisotopic (exact) mass is 366 g/mol. The molecular weight excluding hydrogens is 340 g/mol. The van der Waals surface area contributed by atoms with E-state index in [0.717, 1.165) is 61.5 Å². The molecule has 142 valence electrons. The second kappa shape index (κ2) is 7.56. The smallest absolute Gasteiger partial charge is 0.257 e. The molecule has 27 heavy (non-hydrogen) atoms. The van der Waals surface area contributed by atoms with E-state index in [4.69, 9.17) is 0 Å². The van der Waals surface area contributed by atoms with Crippen molar-refractivity contribution >= 4 is 17.5 Å². The van der Waals surface area contributed by atoms with Crippen molar-refractivity contribution in [3.05, 3.63) is 53.3 Å². The Hall–Kier alpha value is -2.60. The Morgan fingerprint density at radius 1 is 1.15 bits per heavy atom. The van der Waals surface area contributed by atoms with Crippen molar-refractivity contribution < 1.29 is 9.59 Å². The van der Waals surface area contributed by atoms with Gasteiger partial charge >= 0.3 is 0 Å². The quantitative estimate of drug-likeness (QED) is 0.854. The van der Waals surface area contributed by atoms with E-state index in [1.807, 2.05) is 41.4 Å². The molecule has 1 aromatic carbocycles. The number of amides is 2. The van der Waals surface area contributed by atoms with Crippen LogP contribution in [-0.4, -0.2) is 59.8 Å². The Balaban J connectivity index is 1.39. The minimum Gasteiger partial charge on any atom is -0.364 e. The van der Waals surface area contributed by atoms with Gasteiger partial charge < -0.3 is 20.1 Å². The second-order valence-corrected chi connectivity index (χ2v) is 7.59. The molecule has 2 heterocycles. The van der Waals surface area contributed by atoms with Gasteiger partial charge in [-0.1, -0.05) is 12.1 Å². The Morgan fingerprint density at radius 2 is 1.93 bits per heavy atom. The van der Waals surface area contributed by atoms with Gasteiger partial charge in [0.25, 0.3) is 5.91 Å². The number of hydrogen-bond acceptors (Lipinski definition) is 3. The number of H-pyrrole nitrogens is 1. The highest BCUT2D eigenvalue weighted by atomic mass is 16.2. The highest BCUT2D eigenvalue weighted by Gasteiger charge is 2.29. The van der Waals surface area contributed by atoms with Crippen LogP contribution in [0.15, 0.2) is 36.5 Å². The lowest BCUT2D eigenvalue weighted by Gasteiger charge is -2.32. The molecule has 0 spiro atoms. The van der Waals surface area contributed by atoms with Crippen molar-refractivity contribution in [2.45, 2.75) is 25.2 Å². The summed E-state index contributed by atoms with van der Waals surface area (Å²) in [6.07, 6.45) is 4.48. The summed E-state index contributed by atoms with van der Waals surface area (Å²) < 4.78 is 0. The van der Waals surface area contributed by atoms with Crippen LogP contribution in [0.1, 0.15) is 40.4 Å². The molecule has 2 aliphatic rings. The lowest BCUT2D eigenvalue weighted by Crippen LogP contribution is -2.47. The Morgan fingerprint density at radius 3 is 2.67 bits per heavy atom. The van der Waals surface area contributed by atoms with Crippen LogP contribution in [0.3, 0.4) is 0 Å². The van der Waals surface area contributed by atoms with Gasteiger partial charge in [-0.2, -0.15) is 0 Å². The lowest BCUT2D eigenvalue weighted by molar-refractivity contribution is -0.132. The molecule has 2 fully saturated rings. The average molecular weight is 366 g/mol. The molecule has 4 rings (SSSR count). The van der Waals surface area contributed by atoms with Crippen LogP contribution in [-0.2, 0) is 11.2 Å². The van der Waals surface area contributed by atoms with E-state index in [1.165, 1.54) is 0 Å². The van der Waals surface area contributed by atoms with Gasteiger partial charge in [0.2, 0.25) is 5.91 Å². The number of aromatic nitrogens is 1. The first-order chi connectivity index (χ1) is 13.1. The molecule has 2 amide bonds. The highest BCUT2D eigenvalue weighted by Crippen LogP contribution is 2.40. The summed E-state index contributed by atoms with van der Waals surface area (Å²) in [6.45, 7) is 3.40. The number of rotatable bonds is 5. The number of benzene rings is 1. The third-order valence-electron chi connectivity index (χ3n) is 5.41. The minimum atomic E-state index is -0.0966. The van der Waals surface area contributed by atoms with Crippen molar-refractivity contribution in [3.63, 3.8) is 0 Å². The fourth-order valence-electron chi connectivity index (χ4n) is 3.59. The van der Waals surface area contributed by atoms with E-state index in [-0.39, 0.29) is 11.8 Å². The van der Waals surface area contributed by atoms with E-state index in [2.05, 4.69) is 22.2 Å². The first-order valence-corrected chi connectivity index (χ1v) is 9.64. The number of nitrogens with zero attached hydrogens (tertiary/aromatic N) is 2. The second-order valence-electron chi connectivity index (χ2n) is 7.59. The van der Waals surface area contributed by atoms with Gasteiger partial charge in [0.1, 0.15) is 0 Å². The molecule has 2 aromatic rings. The van der Waals surface area contributed by atoms with Gasteiger partial charge in [-0.05, 0) is 49.6 Å². The van der Waals surface area contributed by atoms with Crippen molar-refractivity contribution in [2.24, 2.45) is 0 Å². The molecule has 6 nitrogen and oxygen atoms in total. The van der Waals surface area contributed by atoms with Gasteiger partial charge in [-0.15, -0.1) is 0 Å². The highest BCUT2D eigenvalue weighted by molar-refractivity contribution is 6.05. The molecule has 0 bridgehead atoms. The zero-order chi connectivity index (χ0) is 18.8. The predicted octanol–water partition coefficient (Wildman–Crippen LogP) is 2.46. The molecule has 1 saturated carbocycles. The van der Waals surface area contributed by atoms with Gasteiger partial charge in [0.05, 0.1) is 12.0 Å². The fourth-order valence-corrected chi connectivity index (χ4v) is 3.59. The van der Waals surface area contributed by atoms with Crippen molar-refractivity contribution in [3.8, 4) is 0 Å². The maximum atomic E-state index is 12.6. The van der Waals surface area contributed by atoms with Gasteiger partial charge in [0.15, 0.2) is 0 Å². The predicted molar refractivity (Wildman–Crippen MR) is 105 cm³/mol. The molecule has 0 atom stereocenters. The zero-order valence-corrected chi connectivity index (χ0v) is 15.7. The van der Waals surface area contributed by atoms with E-state index in [1.54, 1.807) is 0 Å². The largest absolute Gasteiger partial charge is 0.364 e. The molecule has 1 aliphatic heterocycles. The van der Waals surface area contributed by atoms with Crippen LogP contribution >= 0.6 is 0 Å². The number of likely N-dealkylation sites (N-methyl/N-ethyl adjacent to an activating group) is 1. The molecule has 1 aromatic heterocycles. The van der Waals surface area contributed by atoms with Crippen LogP contribution in [0.25, 0.3) is 0 Å². The van der Waals surface area contributed by atoms with Crippen LogP contribution in [0.4, 0.5) is 5.69 Å². The number of nitrogens with one attached hydrogen (secondary N) is 2. The molecule has 1 aliphatic carbocycles. The average Bonchev–Trinajstić information content (AvgIpc) is 3.38. The van der Waals surface area contributed by atoms with Gasteiger partial charge in [-0.25, -0.2) is 0 Å². The Kier molecular flexibility index (Phi) is 4.99. The SMILES string of the molecule is CN1CCN(C(=O)Cc2cccc(NC(=O)c3cc[nH]c3C3CC3)c2)CC1. The van der Waals surface area contributed by atoms with Crippen molar-refractivity contribution in [1.82, 2.24) is 14.8 Å². The Bertz CT molecular complexity index is 832. The van der Waals surface area contributed by atoms with Crippen LogP contribution < -0.4 is 5.32 Å². The fraction of sp³-hybridized carbons (Fsp3) is 0.429. The summed E-state index contributed by atoms with van der Waals surface area (Å²) in [7, 11) is 2.08. The topological polar surface area (TPSA) is 68.4 Å². The van der Waals surface area contributed by atoms with Crippen LogP contribution in [0.5, 0.6) is 0 Å². The summed E-state index contributed by atoms with van der Waals surface area (Å²) in [5.74, 6) is 0.544. The van der Waals surface area contributed by atoms with E-state index < -0.39 is 0 Å². The minimum absolute atomic E-state index is 0.0966. The zero-order valence-electron chi connectivity index (χ0n) is 15.7. The first kappa shape index (κ1) is 17.8. The molecule has 6 heteroatoms. The van der Waals surface area contributed by atoms with Gasteiger partial charge in [0, 0.05) is 43.8 Å².